The molecule has 0 radical (unpaired) electrons. The minimum atomic E-state index is -0.448. The van der Waals surface area contributed by atoms with Crippen LogP contribution in [0.1, 0.15) is 50.8 Å². The first-order valence-corrected chi connectivity index (χ1v) is 10.0. The van der Waals surface area contributed by atoms with Crippen molar-refractivity contribution in [3.63, 3.8) is 0 Å². The quantitative estimate of drug-likeness (QED) is 0.876. The van der Waals surface area contributed by atoms with Gasteiger partial charge in [0.25, 0.3) is 0 Å². The van der Waals surface area contributed by atoms with E-state index in [0.29, 0.717) is 32.3 Å². The average Bonchev–Trinajstić information content (AvgIpc) is 2.64. The fourth-order valence-corrected chi connectivity index (χ4v) is 3.94. The molecular weight excluding hydrogens is 342 g/mol. The van der Waals surface area contributed by atoms with E-state index in [-0.39, 0.29) is 6.09 Å². The van der Waals surface area contributed by atoms with E-state index in [0.717, 1.165) is 31.7 Å². The standard InChI is InChI=1S/C21H33N3O3/c1-21(2,3)27-20(25)24-12-10-23(11-13-24)19-6-4-5-16-7-8-17(15-18(16)19)26-14-9-22/h7-8,15,19H,4-6,9-14,22H2,1-3H3. The van der Waals surface area contributed by atoms with E-state index in [1.807, 2.05) is 25.7 Å². The minimum absolute atomic E-state index is 0.205. The first kappa shape index (κ1) is 20.0. The van der Waals surface area contributed by atoms with Crippen LogP contribution in [-0.2, 0) is 11.2 Å². The summed E-state index contributed by atoms with van der Waals surface area (Å²) in [5, 5.41) is 0. The number of nitrogens with two attached hydrogens (primary N) is 1. The van der Waals surface area contributed by atoms with Crippen LogP contribution in [0.5, 0.6) is 5.75 Å². The topological polar surface area (TPSA) is 68.0 Å². The molecule has 1 saturated heterocycles. The number of hydrogen-bond donors (Lipinski definition) is 1. The fourth-order valence-electron chi connectivity index (χ4n) is 3.94. The second kappa shape index (κ2) is 8.48. The van der Waals surface area contributed by atoms with Gasteiger partial charge in [-0.1, -0.05) is 6.07 Å². The Morgan fingerprint density at radius 2 is 1.96 bits per heavy atom. The smallest absolute Gasteiger partial charge is 0.410 e. The summed E-state index contributed by atoms with van der Waals surface area (Å²) in [6, 6.07) is 6.84. The first-order chi connectivity index (χ1) is 12.9. The van der Waals surface area contributed by atoms with Crippen LogP contribution < -0.4 is 10.5 Å². The first-order valence-electron chi connectivity index (χ1n) is 10.0. The molecule has 1 heterocycles. The Balaban J connectivity index is 1.64. The number of carbonyl (C=O) groups excluding carboxylic acids is 1. The lowest BCUT2D eigenvalue weighted by Gasteiger charge is -2.41. The Bertz CT molecular complexity index is 649. The molecule has 1 unspecified atom stereocenters. The van der Waals surface area contributed by atoms with E-state index < -0.39 is 5.60 Å². The van der Waals surface area contributed by atoms with Crippen LogP contribution in [0.15, 0.2) is 18.2 Å². The van der Waals surface area contributed by atoms with Gasteiger partial charge >= 0.3 is 6.09 Å². The highest BCUT2D eigenvalue weighted by atomic mass is 16.6. The molecule has 1 fully saturated rings. The van der Waals surface area contributed by atoms with Gasteiger partial charge in [-0.3, -0.25) is 4.90 Å². The van der Waals surface area contributed by atoms with Crippen molar-refractivity contribution in [2.45, 2.75) is 51.7 Å². The molecule has 0 saturated carbocycles. The lowest BCUT2D eigenvalue weighted by atomic mass is 9.86. The molecule has 1 aliphatic carbocycles. The third kappa shape index (κ3) is 5.14. The highest BCUT2D eigenvalue weighted by Gasteiger charge is 2.31. The van der Waals surface area contributed by atoms with Crippen molar-refractivity contribution in [1.82, 2.24) is 9.80 Å². The van der Waals surface area contributed by atoms with E-state index in [9.17, 15) is 4.79 Å². The van der Waals surface area contributed by atoms with Crippen LogP contribution in [0.4, 0.5) is 4.79 Å². The predicted octanol–water partition coefficient (Wildman–Crippen LogP) is 2.95. The second-order valence-electron chi connectivity index (χ2n) is 8.41. The summed E-state index contributed by atoms with van der Waals surface area (Å²) in [5.74, 6) is 0.901. The third-order valence-electron chi connectivity index (χ3n) is 5.19. The van der Waals surface area contributed by atoms with Gasteiger partial charge in [0.2, 0.25) is 0 Å². The maximum atomic E-state index is 12.3. The van der Waals surface area contributed by atoms with Crippen LogP contribution >= 0.6 is 0 Å². The lowest BCUT2D eigenvalue weighted by Crippen LogP contribution is -2.51. The zero-order valence-electron chi connectivity index (χ0n) is 16.9. The van der Waals surface area contributed by atoms with Gasteiger partial charge in [0, 0.05) is 38.8 Å². The SMILES string of the molecule is CC(C)(C)OC(=O)N1CCN(C2CCCc3ccc(OCCN)cc32)CC1. The van der Waals surface area contributed by atoms with Gasteiger partial charge in [-0.2, -0.15) is 0 Å². The van der Waals surface area contributed by atoms with Crippen molar-refractivity contribution < 1.29 is 14.3 Å². The van der Waals surface area contributed by atoms with E-state index in [4.69, 9.17) is 15.2 Å². The molecule has 2 N–H and O–H groups in total. The number of carbonyl (C=O) groups is 1. The molecule has 6 heteroatoms. The van der Waals surface area contributed by atoms with Gasteiger partial charge in [-0.05, 0) is 63.3 Å². The summed E-state index contributed by atoms with van der Waals surface area (Å²) < 4.78 is 11.2. The number of fused-ring (bicyclic) bond motifs is 1. The zero-order chi connectivity index (χ0) is 19.4. The van der Waals surface area contributed by atoms with Crippen molar-refractivity contribution in [3.8, 4) is 5.75 Å². The summed E-state index contributed by atoms with van der Waals surface area (Å²) in [6.07, 6.45) is 3.27. The van der Waals surface area contributed by atoms with Crippen molar-refractivity contribution in [2.24, 2.45) is 5.73 Å². The van der Waals surface area contributed by atoms with Crippen molar-refractivity contribution in [1.29, 1.82) is 0 Å². The molecule has 1 aromatic carbocycles. The molecule has 2 aliphatic rings. The minimum Gasteiger partial charge on any atom is -0.492 e. The van der Waals surface area contributed by atoms with E-state index in [1.54, 1.807) is 0 Å². The number of rotatable bonds is 4. The molecule has 6 nitrogen and oxygen atoms in total. The number of hydrogen-bond acceptors (Lipinski definition) is 5. The summed E-state index contributed by atoms with van der Waals surface area (Å²) in [4.78, 5) is 16.6. The Morgan fingerprint density at radius 3 is 2.63 bits per heavy atom. The summed E-state index contributed by atoms with van der Waals surface area (Å²) >= 11 is 0. The van der Waals surface area contributed by atoms with E-state index in [1.165, 1.54) is 17.5 Å². The van der Waals surface area contributed by atoms with Crippen LogP contribution in [0, 0.1) is 0 Å². The van der Waals surface area contributed by atoms with Crippen LogP contribution in [-0.4, -0.2) is 60.8 Å². The number of ether oxygens (including phenoxy) is 2. The Morgan fingerprint density at radius 1 is 1.22 bits per heavy atom. The van der Waals surface area contributed by atoms with E-state index in [2.05, 4.69) is 23.1 Å². The molecule has 1 aliphatic heterocycles. The Hall–Kier alpha value is -1.79. The summed E-state index contributed by atoms with van der Waals surface area (Å²) in [6.45, 7) is 9.95. The fraction of sp³-hybridized carbons (Fsp3) is 0.667. The maximum absolute atomic E-state index is 12.3. The molecule has 1 atom stereocenters. The van der Waals surface area contributed by atoms with Crippen LogP contribution in [0.25, 0.3) is 0 Å². The molecular formula is C21H33N3O3. The second-order valence-corrected chi connectivity index (χ2v) is 8.41. The summed E-state index contributed by atoms with van der Waals surface area (Å²) in [5.41, 5.74) is 7.90. The van der Waals surface area contributed by atoms with Gasteiger partial charge in [-0.25, -0.2) is 4.79 Å². The molecule has 0 spiro atoms. The Kier molecular flexibility index (Phi) is 6.27. The highest BCUT2D eigenvalue weighted by Crippen LogP contribution is 2.36. The van der Waals surface area contributed by atoms with Gasteiger partial charge in [-0.15, -0.1) is 0 Å². The Labute approximate surface area is 162 Å². The predicted molar refractivity (Wildman–Crippen MR) is 106 cm³/mol. The molecule has 1 aromatic rings. The van der Waals surface area contributed by atoms with Gasteiger partial charge in [0.05, 0.1) is 0 Å². The van der Waals surface area contributed by atoms with Gasteiger partial charge < -0.3 is 20.1 Å². The number of piperazine rings is 1. The van der Waals surface area contributed by atoms with Crippen LogP contribution in [0.2, 0.25) is 0 Å². The number of benzene rings is 1. The van der Waals surface area contributed by atoms with Gasteiger partial charge in [0.15, 0.2) is 0 Å². The molecule has 150 valence electrons. The monoisotopic (exact) mass is 375 g/mol. The zero-order valence-corrected chi connectivity index (χ0v) is 16.9. The number of nitrogens with zero attached hydrogens (tertiary/aromatic N) is 2. The maximum Gasteiger partial charge on any atom is 0.410 e. The largest absolute Gasteiger partial charge is 0.492 e. The molecule has 27 heavy (non-hydrogen) atoms. The molecule has 0 bridgehead atoms. The van der Waals surface area contributed by atoms with Gasteiger partial charge in [0.1, 0.15) is 18.0 Å². The summed E-state index contributed by atoms with van der Waals surface area (Å²) in [7, 11) is 0. The molecule has 0 aromatic heterocycles. The average molecular weight is 376 g/mol. The van der Waals surface area contributed by atoms with E-state index >= 15 is 0 Å². The normalized spacial score (nSPS) is 20.9. The van der Waals surface area contributed by atoms with Crippen molar-refractivity contribution >= 4 is 6.09 Å². The number of amides is 1. The van der Waals surface area contributed by atoms with Crippen LogP contribution in [0.3, 0.4) is 0 Å². The van der Waals surface area contributed by atoms with Crippen molar-refractivity contribution in [3.05, 3.63) is 29.3 Å². The molecule has 1 amide bonds. The van der Waals surface area contributed by atoms with Crippen molar-refractivity contribution in [2.75, 3.05) is 39.3 Å². The number of aryl methyl sites for hydroxylation is 1. The highest BCUT2D eigenvalue weighted by molar-refractivity contribution is 5.68. The third-order valence-corrected chi connectivity index (χ3v) is 5.19. The lowest BCUT2D eigenvalue weighted by molar-refractivity contribution is 0.00926. The molecule has 3 rings (SSSR count).